The Balaban J connectivity index is 2.32. The third kappa shape index (κ3) is 3.26. The molecular weight excluding hydrogens is 256 g/mol. The molecule has 104 valence electrons. The summed E-state index contributed by atoms with van der Waals surface area (Å²) in [6.07, 6.45) is 6.32. The fourth-order valence-electron chi connectivity index (χ4n) is 1.95. The summed E-state index contributed by atoms with van der Waals surface area (Å²) in [5, 5.41) is 8.66. The van der Waals surface area contributed by atoms with Crippen molar-refractivity contribution in [3.8, 4) is 5.75 Å². The van der Waals surface area contributed by atoms with Gasteiger partial charge in [0.1, 0.15) is 11.6 Å². The monoisotopic (exact) mass is 272 g/mol. The number of methoxy groups -OCH3 is 1. The number of carboxylic acids is 1. The van der Waals surface area contributed by atoms with Crippen molar-refractivity contribution < 1.29 is 14.6 Å². The number of rotatable bonds is 5. The molecule has 0 saturated carbocycles. The van der Waals surface area contributed by atoms with Crippen LogP contribution in [0.25, 0.3) is 6.08 Å². The standard InChI is InChI=1S/C15H16N2O3/c1-11-16-7-8-17(11)10-13-9-12(4-6-15(18)19)3-5-14(13)20-2/h3-9H,10H2,1-2H3,(H,18,19)/b6-4+. The summed E-state index contributed by atoms with van der Waals surface area (Å²) in [5.41, 5.74) is 1.79. The highest BCUT2D eigenvalue weighted by molar-refractivity contribution is 5.85. The number of ether oxygens (including phenoxy) is 1. The van der Waals surface area contributed by atoms with Gasteiger partial charge in [0.2, 0.25) is 0 Å². The summed E-state index contributed by atoms with van der Waals surface area (Å²) in [7, 11) is 1.62. The van der Waals surface area contributed by atoms with Gasteiger partial charge in [0, 0.05) is 24.0 Å². The minimum atomic E-state index is -0.965. The zero-order chi connectivity index (χ0) is 14.5. The van der Waals surface area contributed by atoms with E-state index in [4.69, 9.17) is 9.84 Å². The maximum atomic E-state index is 10.6. The number of benzene rings is 1. The molecule has 0 spiro atoms. The molecule has 0 unspecified atom stereocenters. The molecule has 0 amide bonds. The molecule has 0 radical (unpaired) electrons. The Bertz CT molecular complexity index is 644. The second-order valence-corrected chi connectivity index (χ2v) is 4.35. The highest BCUT2D eigenvalue weighted by atomic mass is 16.5. The first-order chi connectivity index (χ1) is 9.60. The van der Waals surface area contributed by atoms with Gasteiger partial charge in [0.25, 0.3) is 0 Å². The third-order valence-corrected chi connectivity index (χ3v) is 2.99. The van der Waals surface area contributed by atoms with Gasteiger partial charge in [-0.1, -0.05) is 6.07 Å². The lowest BCUT2D eigenvalue weighted by molar-refractivity contribution is -0.131. The highest BCUT2D eigenvalue weighted by Gasteiger charge is 2.06. The molecule has 1 aromatic carbocycles. The van der Waals surface area contributed by atoms with E-state index < -0.39 is 5.97 Å². The lowest BCUT2D eigenvalue weighted by Crippen LogP contribution is -2.03. The second-order valence-electron chi connectivity index (χ2n) is 4.35. The molecule has 2 aromatic rings. The maximum absolute atomic E-state index is 10.6. The number of imidazole rings is 1. The van der Waals surface area contributed by atoms with Crippen LogP contribution in [-0.4, -0.2) is 27.7 Å². The SMILES string of the molecule is COc1ccc(/C=C/C(=O)O)cc1Cn1ccnc1C. The summed E-state index contributed by atoms with van der Waals surface area (Å²) < 4.78 is 7.34. The smallest absolute Gasteiger partial charge is 0.328 e. The minimum Gasteiger partial charge on any atom is -0.496 e. The van der Waals surface area contributed by atoms with Gasteiger partial charge in [-0.15, -0.1) is 0 Å². The van der Waals surface area contributed by atoms with E-state index in [1.165, 1.54) is 0 Å². The van der Waals surface area contributed by atoms with E-state index in [9.17, 15) is 4.79 Å². The van der Waals surface area contributed by atoms with Gasteiger partial charge in [-0.05, 0) is 30.7 Å². The van der Waals surface area contributed by atoms with Crippen LogP contribution in [-0.2, 0) is 11.3 Å². The van der Waals surface area contributed by atoms with Gasteiger partial charge in [-0.25, -0.2) is 9.78 Å². The van der Waals surface area contributed by atoms with Crippen LogP contribution in [0.5, 0.6) is 5.75 Å². The van der Waals surface area contributed by atoms with Gasteiger partial charge < -0.3 is 14.4 Å². The lowest BCUT2D eigenvalue weighted by atomic mass is 10.1. The first-order valence-electron chi connectivity index (χ1n) is 6.16. The Labute approximate surface area is 117 Å². The van der Waals surface area contributed by atoms with Crippen molar-refractivity contribution in [1.82, 2.24) is 9.55 Å². The Morgan fingerprint density at radius 3 is 2.90 bits per heavy atom. The number of hydrogen-bond donors (Lipinski definition) is 1. The molecule has 0 bridgehead atoms. The second kappa shape index (κ2) is 6.06. The molecule has 0 saturated heterocycles. The first-order valence-corrected chi connectivity index (χ1v) is 6.16. The lowest BCUT2D eigenvalue weighted by Gasteiger charge is -2.11. The van der Waals surface area contributed by atoms with Crippen molar-refractivity contribution in [2.45, 2.75) is 13.5 Å². The van der Waals surface area contributed by atoms with Crippen molar-refractivity contribution in [3.63, 3.8) is 0 Å². The number of carbonyl (C=O) groups is 1. The number of aromatic nitrogens is 2. The summed E-state index contributed by atoms with van der Waals surface area (Å²) in [5.74, 6) is 0.719. The van der Waals surface area contributed by atoms with Gasteiger partial charge in [-0.2, -0.15) is 0 Å². The number of nitrogens with zero attached hydrogens (tertiary/aromatic N) is 2. The molecule has 1 aromatic heterocycles. The van der Waals surface area contributed by atoms with Crippen molar-refractivity contribution >= 4 is 12.0 Å². The van der Waals surface area contributed by atoms with Crippen molar-refractivity contribution in [2.24, 2.45) is 0 Å². The molecule has 20 heavy (non-hydrogen) atoms. The minimum absolute atomic E-state index is 0.629. The van der Waals surface area contributed by atoms with E-state index in [0.29, 0.717) is 6.54 Å². The molecule has 0 atom stereocenters. The number of aryl methyl sites for hydroxylation is 1. The maximum Gasteiger partial charge on any atom is 0.328 e. The Kier molecular flexibility index (Phi) is 4.20. The molecule has 2 rings (SSSR count). The van der Waals surface area contributed by atoms with Crippen LogP contribution < -0.4 is 4.74 Å². The number of hydrogen-bond acceptors (Lipinski definition) is 3. The van der Waals surface area contributed by atoms with E-state index in [1.54, 1.807) is 19.4 Å². The molecule has 0 aliphatic rings. The molecule has 5 heteroatoms. The Hall–Kier alpha value is -2.56. The van der Waals surface area contributed by atoms with Crippen molar-refractivity contribution in [3.05, 3.63) is 53.6 Å². The normalized spacial score (nSPS) is 10.9. The average molecular weight is 272 g/mol. The van der Waals surface area contributed by atoms with Crippen LogP contribution in [0.15, 0.2) is 36.7 Å². The molecule has 1 N–H and O–H groups in total. The molecular formula is C15H16N2O3. The van der Waals surface area contributed by atoms with Gasteiger partial charge in [0.05, 0.1) is 13.7 Å². The highest BCUT2D eigenvalue weighted by Crippen LogP contribution is 2.22. The van der Waals surface area contributed by atoms with Crippen LogP contribution >= 0.6 is 0 Å². The number of carboxylic acid groups (broad SMARTS) is 1. The van der Waals surface area contributed by atoms with E-state index in [2.05, 4.69) is 4.98 Å². The van der Waals surface area contributed by atoms with Gasteiger partial charge in [-0.3, -0.25) is 0 Å². The summed E-state index contributed by atoms with van der Waals surface area (Å²) >= 11 is 0. The molecule has 0 aliphatic heterocycles. The summed E-state index contributed by atoms with van der Waals surface area (Å²) in [6.45, 7) is 2.56. The van der Waals surface area contributed by atoms with Gasteiger partial charge in [0.15, 0.2) is 0 Å². The van der Waals surface area contributed by atoms with E-state index in [-0.39, 0.29) is 0 Å². The van der Waals surface area contributed by atoms with Crippen molar-refractivity contribution in [2.75, 3.05) is 7.11 Å². The fourth-order valence-corrected chi connectivity index (χ4v) is 1.95. The van der Waals surface area contributed by atoms with E-state index >= 15 is 0 Å². The predicted molar refractivity (Wildman–Crippen MR) is 75.7 cm³/mol. The van der Waals surface area contributed by atoms with Crippen LogP contribution in [0.2, 0.25) is 0 Å². The van der Waals surface area contributed by atoms with E-state index in [0.717, 1.165) is 28.8 Å². The molecule has 5 nitrogen and oxygen atoms in total. The quantitative estimate of drug-likeness (QED) is 0.848. The third-order valence-electron chi connectivity index (χ3n) is 2.99. The van der Waals surface area contributed by atoms with Gasteiger partial charge >= 0.3 is 5.97 Å². The number of aliphatic carboxylic acids is 1. The van der Waals surface area contributed by atoms with Crippen molar-refractivity contribution in [1.29, 1.82) is 0 Å². The molecule has 0 fully saturated rings. The first kappa shape index (κ1) is 13.9. The van der Waals surface area contributed by atoms with Crippen LogP contribution in [0, 0.1) is 6.92 Å². The topological polar surface area (TPSA) is 64.3 Å². The fraction of sp³-hybridized carbons (Fsp3) is 0.200. The predicted octanol–water partition coefficient (Wildman–Crippen LogP) is 2.35. The molecule has 1 heterocycles. The Morgan fingerprint density at radius 1 is 1.50 bits per heavy atom. The molecule has 0 aliphatic carbocycles. The summed E-state index contributed by atoms with van der Waals surface area (Å²) in [6, 6.07) is 5.57. The average Bonchev–Trinajstić information content (AvgIpc) is 2.82. The zero-order valence-electron chi connectivity index (χ0n) is 11.4. The zero-order valence-corrected chi connectivity index (χ0v) is 11.4. The van der Waals surface area contributed by atoms with E-state index in [1.807, 2.05) is 35.9 Å². The Morgan fingerprint density at radius 2 is 2.30 bits per heavy atom. The van der Waals surface area contributed by atoms with Crippen LogP contribution in [0.4, 0.5) is 0 Å². The largest absolute Gasteiger partial charge is 0.496 e. The van der Waals surface area contributed by atoms with Crippen LogP contribution in [0.1, 0.15) is 17.0 Å². The van der Waals surface area contributed by atoms with Crippen LogP contribution in [0.3, 0.4) is 0 Å². The summed E-state index contributed by atoms with van der Waals surface area (Å²) in [4.78, 5) is 14.7.